The summed E-state index contributed by atoms with van der Waals surface area (Å²) in [4.78, 5) is 17.8. The van der Waals surface area contributed by atoms with Crippen molar-refractivity contribution in [3.63, 3.8) is 0 Å². The van der Waals surface area contributed by atoms with Gasteiger partial charge in [0.1, 0.15) is 0 Å². The van der Waals surface area contributed by atoms with E-state index in [9.17, 15) is 18.8 Å². The molecule has 1 aliphatic heterocycles. The highest BCUT2D eigenvalue weighted by molar-refractivity contribution is 5.89. The van der Waals surface area contributed by atoms with Crippen molar-refractivity contribution < 1.29 is 13.6 Å². The van der Waals surface area contributed by atoms with Gasteiger partial charge < -0.3 is 10.6 Å². The molecule has 40 heavy (non-hydrogen) atoms. The van der Waals surface area contributed by atoms with Crippen LogP contribution in [0.1, 0.15) is 49.8 Å². The van der Waals surface area contributed by atoms with E-state index in [1.807, 2.05) is 18.2 Å². The molecule has 208 valence electrons. The molecule has 6 nitrogen and oxygen atoms in total. The Balaban J connectivity index is 1.33. The first-order valence-electron chi connectivity index (χ1n) is 14.0. The van der Waals surface area contributed by atoms with E-state index in [0.29, 0.717) is 24.2 Å². The van der Waals surface area contributed by atoms with Crippen molar-refractivity contribution in [2.24, 2.45) is 0 Å². The zero-order chi connectivity index (χ0) is 28.1. The molecule has 2 fully saturated rings. The summed E-state index contributed by atoms with van der Waals surface area (Å²) in [6.07, 6.45) is 5.16. The van der Waals surface area contributed by atoms with Crippen LogP contribution in [0.2, 0.25) is 0 Å². The van der Waals surface area contributed by atoms with Crippen LogP contribution >= 0.6 is 0 Å². The molecule has 3 aromatic rings. The zero-order valence-corrected chi connectivity index (χ0v) is 22.7. The molecule has 1 saturated heterocycles. The number of carbonyl (C=O) groups is 1. The maximum atomic E-state index is 13.6. The molecule has 3 aromatic carbocycles. The van der Waals surface area contributed by atoms with Crippen molar-refractivity contribution in [3.05, 3.63) is 89.5 Å². The zero-order valence-electron chi connectivity index (χ0n) is 22.7. The smallest absolute Gasteiger partial charge is 0.319 e. The van der Waals surface area contributed by atoms with Crippen LogP contribution in [0.15, 0.2) is 66.7 Å². The second-order valence-electron chi connectivity index (χ2n) is 10.8. The van der Waals surface area contributed by atoms with Crippen LogP contribution in [-0.4, -0.2) is 54.1 Å². The monoisotopic (exact) mass is 543 g/mol. The molecule has 0 bridgehead atoms. The molecule has 0 radical (unpaired) electrons. The molecule has 2 N–H and O–H groups in total. The fourth-order valence-electron chi connectivity index (χ4n) is 6.10. The highest BCUT2D eigenvalue weighted by atomic mass is 19.2. The van der Waals surface area contributed by atoms with Crippen LogP contribution in [-0.2, 0) is 0 Å². The van der Waals surface area contributed by atoms with Gasteiger partial charge in [0.2, 0.25) is 0 Å². The lowest BCUT2D eigenvalue weighted by molar-refractivity contribution is 0.0289. The number of piperazine rings is 1. The SMILES string of the molecule is C[C@@H]1CN(C2CCCC2)CCN1[C@H](CNC(=O)Nc1ccc(F)c(F)c1)c1ccc(-c2cccc(C#N)c2)cc1. The molecule has 8 heteroatoms. The van der Waals surface area contributed by atoms with Crippen molar-refractivity contribution in [2.75, 3.05) is 31.5 Å². The van der Waals surface area contributed by atoms with Gasteiger partial charge in [-0.3, -0.25) is 9.80 Å². The van der Waals surface area contributed by atoms with Crippen molar-refractivity contribution >= 4 is 11.7 Å². The number of benzene rings is 3. The Kier molecular flexibility index (Phi) is 8.73. The van der Waals surface area contributed by atoms with E-state index in [1.54, 1.807) is 6.07 Å². The third kappa shape index (κ3) is 6.49. The largest absolute Gasteiger partial charge is 0.336 e. The summed E-state index contributed by atoms with van der Waals surface area (Å²) in [5.74, 6) is -1.97. The molecule has 5 rings (SSSR count). The average molecular weight is 544 g/mol. The van der Waals surface area contributed by atoms with Gasteiger partial charge in [-0.2, -0.15) is 5.26 Å². The molecule has 2 aliphatic rings. The summed E-state index contributed by atoms with van der Waals surface area (Å²) >= 11 is 0. The first-order valence-corrected chi connectivity index (χ1v) is 14.0. The Morgan fingerprint density at radius 3 is 2.48 bits per heavy atom. The fourth-order valence-corrected chi connectivity index (χ4v) is 6.10. The van der Waals surface area contributed by atoms with E-state index in [4.69, 9.17) is 0 Å². The second-order valence-corrected chi connectivity index (χ2v) is 10.8. The van der Waals surface area contributed by atoms with Crippen molar-refractivity contribution in [2.45, 2.75) is 50.7 Å². The van der Waals surface area contributed by atoms with Gasteiger partial charge in [-0.25, -0.2) is 13.6 Å². The van der Waals surface area contributed by atoms with Crippen LogP contribution in [0.5, 0.6) is 0 Å². The number of anilines is 1. The lowest BCUT2D eigenvalue weighted by Crippen LogP contribution is -2.56. The maximum Gasteiger partial charge on any atom is 0.319 e. The second kappa shape index (κ2) is 12.6. The minimum Gasteiger partial charge on any atom is -0.336 e. The van der Waals surface area contributed by atoms with Crippen LogP contribution in [0.4, 0.5) is 19.3 Å². The number of amides is 2. The van der Waals surface area contributed by atoms with Crippen LogP contribution in [0.25, 0.3) is 11.1 Å². The van der Waals surface area contributed by atoms with E-state index in [2.05, 4.69) is 57.7 Å². The predicted octanol–water partition coefficient (Wildman–Crippen LogP) is 6.31. The summed E-state index contributed by atoms with van der Waals surface area (Å²) in [6.45, 7) is 5.47. The van der Waals surface area contributed by atoms with Gasteiger partial charge >= 0.3 is 6.03 Å². The summed E-state index contributed by atoms with van der Waals surface area (Å²) in [7, 11) is 0. The van der Waals surface area contributed by atoms with E-state index in [-0.39, 0.29) is 11.7 Å². The van der Waals surface area contributed by atoms with Crippen LogP contribution in [0, 0.1) is 23.0 Å². The van der Waals surface area contributed by atoms with Crippen molar-refractivity contribution in [3.8, 4) is 17.2 Å². The van der Waals surface area contributed by atoms with Crippen molar-refractivity contribution in [1.29, 1.82) is 5.26 Å². The Bertz CT molecular complexity index is 1370. The first-order chi connectivity index (χ1) is 19.4. The molecule has 0 unspecified atom stereocenters. The number of nitrogens with zero attached hydrogens (tertiary/aromatic N) is 3. The van der Waals surface area contributed by atoms with E-state index in [0.717, 1.165) is 48.5 Å². The highest BCUT2D eigenvalue weighted by Gasteiger charge is 2.34. The summed E-state index contributed by atoms with van der Waals surface area (Å²) in [5, 5.41) is 14.8. The van der Waals surface area contributed by atoms with E-state index in [1.165, 1.54) is 31.7 Å². The molecular weight excluding hydrogens is 508 g/mol. The molecule has 1 saturated carbocycles. The first kappa shape index (κ1) is 27.8. The number of halogens is 2. The van der Waals surface area contributed by atoms with Crippen molar-refractivity contribution in [1.82, 2.24) is 15.1 Å². The molecular formula is C32H35F2N5O. The van der Waals surface area contributed by atoms with E-state index >= 15 is 0 Å². The fraction of sp³-hybridized carbons (Fsp3) is 0.375. The van der Waals surface area contributed by atoms with Gasteiger partial charge in [-0.05, 0) is 60.7 Å². The summed E-state index contributed by atoms with van der Waals surface area (Å²) in [5.41, 5.74) is 3.88. The summed E-state index contributed by atoms with van der Waals surface area (Å²) < 4.78 is 26.9. The number of urea groups is 1. The lowest BCUT2D eigenvalue weighted by atomic mass is 9.97. The maximum absolute atomic E-state index is 13.6. The Labute approximate surface area is 234 Å². The summed E-state index contributed by atoms with van der Waals surface area (Å²) in [6, 6.07) is 21.7. The normalized spacial score (nSPS) is 19.2. The Morgan fingerprint density at radius 1 is 1.00 bits per heavy atom. The predicted molar refractivity (Wildman–Crippen MR) is 153 cm³/mol. The third-order valence-electron chi connectivity index (χ3n) is 8.21. The van der Waals surface area contributed by atoms with Gasteiger partial charge in [0.15, 0.2) is 11.6 Å². The third-order valence-corrected chi connectivity index (χ3v) is 8.21. The molecule has 1 heterocycles. The van der Waals surface area contributed by atoms with Gasteiger partial charge in [-0.1, -0.05) is 49.2 Å². The van der Waals surface area contributed by atoms with Gasteiger partial charge in [0.05, 0.1) is 17.7 Å². The topological polar surface area (TPSA) is 71.4 Å². The van der Waals surface area contributed by atoms with Crippen LogP contribution < -0.4 is 10.6 Å². The average Bonchev–Trinajstić information content (AvgIpc) is 3.51. The quantitative estimate of drug-likeness (QED) is 0.366. The minimum atomic E-state index is -1.01. The van der Waals surface area contributed by atoms with Gasteiger partial charge in [0, 0.05) is 50.0 Å². The number of nitrogens with one attached hydrogen (secondary N) is 2. The molecule has 0 aromatic heterocycles. The number of hydrogen-bond acceptors (Lipinski definition) is 4. The van der Waals surface area contributed by atoms with E-state index < -0.39 is 17.7 Å². The Hall–Kier alpha value is -3.80. The number of hydrogen-bond donors (Lipinski definition) is 2. The van der Waals surface area contributed by atoms with Gasteiger partial charge in [0.25, 0.3) is 0 Å². The highest BCUT2D eigenvalue weighted by Crippen LogP contribution is 2.31. The minimum absolute atomic E-state index is 0.0732. The van der Waals surface area contributed by atoms with Crippen LogP contribution in [0.3, 0.4) is 0 Å². The molecule has 1 aliphatic carbocycles. The number of nitriles is 1. The molecule has 0 spiro atoms. The number of rotatable bonds is 7. The molecule has 2 atom stereocenters. The standard InChI is InChI=1S/C32H35F2N5O/c1-22-21-38(28-7-2-3-8-28)15-16-39(22)31(20-36-32(40)37-27-13-14-29(33)30(34)18-27)25-11-9-24(10-12-25)26-6-4-5-23(17-26)19-35/h4-6,9-14,17-18,22,28,31H,2-3,7-8,15-16,20-21H2,1H3,(H2,36,37,40)/t22-,31-/m1/s1. The number of carbonyl (C=O) groups excluding carboxylic acids is 1. The Morgan fingerprint density at radius 2 is 1.77 bits per heavy atom. The molecule has 2 amide bonds. The van der Waals surface area contributed by atoms with Gasteiger partial charge in [-0.15, -0.1) is 0 Å². The lowest BCUT2D eigenvalue weighted by Gasteiger charge is -2.46.